The number of rotatable bonds is 8. The Morgan fingerprint density at radius 1 is 0.880 bits per heavy atom. The van der Waals surface area contributed by atoms with Crippen LogP contribution < -0.4 is 5.59 Å². The molecule has 7 heteroatoms. The second kappa shape index (κ2) is 8.57. The molecule has 1 aromatic heterocycles. The van der Waals surface area contributed by atoms with E-state index in [2.05, 4.69) is 39.4 Å². The van der Waals surface area contributed by atoms with Gasteiger partial charge in [-0.25, -0.2) is 0 Å². The van der Waals surface area contributed by atoms with Gasteiger partial charge in [0.1, 0.15) is 5.59 Å². The highest BCUT2D eigenvalue weighted by Crippen LogP contribution is 2.10. The van der Waals surface area contributed by atoms with Crippen LogP contribution in [0.5, 0.6) is 0 Å². The van der Waals surface area contributed by atoms with Gasteiger partial charge in [0.25, 0.3) is 0 Å². The summed E-state index contributed by atoms with van der Waals surface area (Å²) in [5.74, 6) is 0. The van der Waals surface area contributed by atoms with Crippen molar-refractivity contribution in [3.05, 3.63) is 78.0 Å². The van der Waals surface area contributed by atoms with Crippen molar-refractivity contribution >= 4 is 12.7 Å². The second-order valence-electron chi connectivity index (χ2n) is 5.92. The molecule has 0 atom stereocenters. The van der Waals surface area contributed by atoms with Crippen molar-refractivity contribution in [2.75, 3.05) is 6.54 Å². The van der Waals surface area contributed by atoms with E-state index in [4.69, 9.17) is 10.0 Å². The minimum Gasteiger partial charge on any atom is -0.422 e. The standard InChI is InChI=1S/C18H21BN4O2/c24-19(25)18-13-20-23(21-18)12-11-22(14-16-7-3-1-4-8-16)15-17-9-5-2-6-10-17/h1-10,13,24-25H,11-12,14-15H2. The monoisotopic (exact) mass is 336 g/mol. The lowest BCUT2D eigenvalue weighted by molar-refractivity contribution is 0.237. The van der Waals surface area contributed by atoms with Gasteiger partial charge in [0.2, 0.25) is 0 Å². The molecule has 0 spiro atoms. The van der Waals surface area contributed by atoms with E-state index < -0.39 is 7.12 Å². The van der Waals surface area contributed by atoms with Crippen LogP contribution in [0.2, 0.25) is 0 Å². The van der Waals surface area contributed by atoms with Crippen molar-refractivity contribution in [3.63, 3.8) is 0 Å². The molecule has 0 bridgehead atoms. The van der Waals surface area contributed by atoms with Gasteiger partial charge in [0, 0.05) is 19.6 Å². The van der Waals surface area contributed by atoms with Crippen LogP contribution in [-0.4, -0.2) is 43.6 Å². The predicted octanol–water partition coefficient (Wildman–Crippen LogP) is 0.660. The molecule has 0 saturated heterocycles. The van der Waals surface area contributed by atoms with E-state index in [1.807, 2.05) is 36.4 Å². The Labute approximate surface area is 147 Å². The zero-order valence-corrected chi connectivity index (χ0v) is 13.9. The van der Waals surface area contributed by atoms with Gasteiger partial charge in [-0.1, -0.05) is 60.7 Å². The van der Waals surface area contributed by atoms with E-state index in [1.165, 1.54) is 22.1 Å². The van der Waals surface area contributed by atoms with E-state index in [-0.39, 0.29) is 5.59 Å². The molecule has 0 radical (unpaired) electrons. The van der Waals surface area contributed by atoms with Crippen LogP contribution in [0.4, 0.5) is 0 Å². The molecular weight excluding hydrogens is 315 g/mol. The summed E-state index contributed by atoms with van der Waals surface area (Å²) < 4.78 is 0. The highest BCUT2D eigenvalue weighted by atomic mass is 16.4. The van der Waals surface area contributed by atoms with E-state index in [9.17, 15) is 0 Å². The molecule has 6 nitrogen and oxygen atoms in total. The molecule has 0 amide bonds. The normalized spacial score (nSPS) is 11.0. The number of hydrogen-bond acceptors (Lipinski definition) is 5. The number of aromatic nitrogens is 3. The molecule has 0 fully saturated rings. The quantitative estimate of drug-likeness (QED) is 0.591. The SMILES string of the molecule is OB(O)c1cnn(CCN(Cc2ccccc2)Cc2ccccc2)n1. The van der Waals surface area contributed by atoms with Gasteiger partial charge < -0.3 is 10.0 Å². The lowest BCUT2D eigenvalue weighted by Gasteiger charge is -2.22. The average molecular weight is 336 g/mol. The van der Waals surface area contributed by atoms with Gasteiger partial charge in [0.15, 0.2) is 0 Å². The third-order valence-electron chi connectivity index (χ3n) is 3.93. The zero-order valence-electron chi connectivity index (χ0n) is 13.9. The van der Waals surface area contributed by atoms with Gasteiger partial charge in [-0.05, 0) is 11.1 Å². The van der Waals surface area contributed by atoms with Gasteiger partial charge in [0.05, 0.1) is 12.7 Å². The lowest BCUT2D eigenvalue weighted by Crippen LogP contribution is -2.32. The van der Waals surface area contributed by atoms with Gasteiger partial charge in [-0.15, -0.1) is 0 Å². The molecule has 0 aliphatic rings. The third kappa shape index (κ3) is 5.25. The molecular formula is C18H21BN4O2. The van der Waals surface area contributed by atoms with Crippen LogP contribution in [0.1, 0.15) is 11.1 Å². The fourth-order valence-corrected chi connectivity index (χ4v) is 2.66. The van der Waals surface area contributed by atoms with Gasteiger partial charge in [-0.3, -0.25) is 4.90 Å². The average Bonchev–Trinajstić information content (AvgIpc) is 3.11. The summed E-state index contributed by atoms with van der Waals surface area (Å²) in [5, 5.41) is 26.4. The Bertz CT molecular complexity index is 724. The topological polar surface area (TPSA) is 74.4 Å². The minimum atomic E-state index is -1.58. The molecule has 0 saturated carbocycles. The summed E-state index contributed by atoms with van der Waals surface area (Å²) in [6.07, 6.45) is 1.38. The van der Waals surface area contributed by atoms with Gasteiger partial charge >= 0.3 is 7.12 Å². The maximum absolute atomic E-state index is 9.13. The second-order valence-corrected chi connectivity index (χ2v) is 5.92. The zero-order chi connectivity index (χ0) is 17.5. The van der Waals surface area contributed by atoms with Gasteiger partial charge in [-0.2, -0.15) is 15.0 Å². The van der Waals surface area contributed by atoms with Crippen LogP contribution in [0.3, 0.4) is 0 Å². The Balaban J connectivity index is 1.66. The Hall–Kier alpha value is -2.48. The fraction of sp³-hybridized carbons (Fsp3) is 0.222. The summed E-state index contributed by atoms with van der Waals surface area (Å²) >= 11 is 0. The molecule has 0 aliphatic carbocycles. The van der Waals surface area contributed by atoms with Crippen molar-refractivity contribution in [2.45, 2.75) is 19.6 Å². The largest absolute Gasteiger partial charge is 0.511 e. The summed E-state index contributed by atoms with van der Waals surface area (Å²) in [4.78, 5) is 3.82. The molecule has 2 aromatic carbocycles. The Morgan fingerprint density at radius 3 is 1.92 bits per heavy atom. The molecule has 3 aromatic rings. The summed E-state index contributed by atoms with van der Waals surface area (Å²) in [6.45, 7) is 2.98. The van der Waals surface area contributed by atoms with E-state index in [0.717, 1.165) is 19.6 Å². The lowest BCUT2D eigenvalue weighted by atomic mass is 9.87. The highest BCUT2D eigenvalue weighted by molar-refractivity contribution is 6.57. The molecule has 128 valence electrons. The van der Waals surface area contributed by atoms with Crippen LogP contribution in [-0.2, 0) is 19.6 Å². The first kappa shape index (κ1) is 17.4. The molecule has 0 unspecified atom stereocenters. The first-order chi connectivity index (χ1) is 12.2. The third-order valence-corrected chi connectivity index (χ3v) is 3.93. The van der Waals surface area contributed by atoms with Crippen molar-refractivity contribution in [2.24, 2.45) is 0 Å². The molecule has 1 heterocycles. The number of hydrogen-bond donors (Lipinski definition) is 2. The number of benzene rings is 2. The van der Waals surface area contributed by atoms with Crippen molar-refractivity contribution in [1.29, 1.82) is 0 Å². The maximum Gasteiger partial charge on any atom is 0.511 e. The maximum atomic E-state index is 9.13. The number of nitrogens with zero attached hydrogens (tertiary/aromatic N) is 4. The van der Waals surface area contributed by atoms with Crippen LogP contribution in [0.15, 0.2) is 66.9 Å². The summed E-state index contributed by atoms with van der Waals surface area (Å²) in [6, 6.07) is 20.7. The molecule has 2 N–H and O–H groups in total. The Kier molecular flexibility index (Phi) is 5.95. The highest BCUT2D eigenvalue weighted by Gasteiger charge is 2.16. The molecule has 0 aliphatic heterocycles. The van der Waals surface area contributed by atoms with Crippen LogP contribution >= 0.6 is 0 Å². The summed E-state index contributed by atoms with van der Waals surface area (Å²) in [5.41, 5.74) is 2.66. The molecule has 25 heavy (non-hydrogen) atoms. The summed E-state index contributed by atoms with van der Waals surface area (Å²) in [7, 11) is -1.58. The molecule has 3 rings (SSSR count). The minimum absolute atomic E-state index is 0.165. The van der Waals surface area contributed by atoms with Crippen molar-refractivity contribution in [1.82, 2.24) is 19.9 Å². The van der Waals surface area contributed by atoms with E-state index in [0.29, 0.717) is 6.54 Å². The van der Waals surface area contributed by atoms with E-state index in [1.54, 1.807) is 0 Å². The van der Waals surface area contributed by atoms with E-state index >= 15 is 0 Å². The van der Waals surface area contributed by atoms with Crippen molar-refractivity contribution in [3.8, 4) is 0 Å². The first-order valence-electron chi connectivity index (χ1n) is 8.27. The Morgan fingerprint density at radius 2 is 1.44 bits per heavy atom. The fourth-order valence-electron chi connectivity index (χ4n) is 2.66. The predicted molar refractivity (Wildman–Crippen MR) is 96.8 cm³/mol. The van der Waals surface area contributed by atoms with Crippen LogP contribution in [0, 0.1) is 0 Å². The van der Waals surface area contributed by atoms with Crippen molar-refractivity contribution < 1.29 is 10.0 Å². The van der Waals surface area contributed by atoms with Crippen LogP contribution in [0.25, 0.3) is 0 Å². The smallest absolute Gasteiger partial charge is 0.422 e. The first-order valence-corrected chi connectivity index (χ1v) is 8.27.